The Labute approximate surface area is 253 Å². The summed E-state index contributed by atoms with van der Waals surface area (Å²) in [6.07, 6.45) is 3.41. The van der Waals surface area contributed by atoms with Gasteiger partial charge in [-0.1, -0.05) is 24.6 Å². The van der Waals surface area contributed by atoms with Crippen LogP contribution in [0.1, 0.15) is 58.5 Å². The van der Waals surface area contributed by atoms with E-state index in [1.54, 1.807) is 12.3 Å². The second-order valence-electron chi connectivity index (χ2n) is 11.8. The summed E-state index contributed by atoms with van der Waals surface area (Å²) in [6, 6.07) is 12.1. The Kier molecular flexibility index (Phi) is 9.69. The van der Waals surface area contributed by atoms with Gasteiger partial charge >= 0.3 is 0 Å². The average Bonchev–Trinajstić information content (AvgIpc) is 3.41. The number of aromatic amines is 1. The molecule has 3 aromatic rings. The average molecular weight is 589 g/mol. The molecule has 5 rings (SSSR count). The van der Waals surface area contributed by atoms with Crippen molar-refractivity contribution in [1.29, 1.82) is 0 Å². The van der Waals surface area contributed by atoms with E-state index in [0.29, 0.717) is 29.4 Å². The van der Waals surface area contributed by atoms with Crippen LogP contribution in [0.2, 0.25) is 0 Å². The van der Waals surface area contributed by atoms with Crippen molar-refractivity contribution in [2.75, 3.05) is 55.8 Å². The van der Waals surface area contributed by atoms with Gasteiger partial charge in [0.2, 0.25) is 0 Å². The molecule has 0 amide bonds. The molecule has 0 aliphatic carbocycles. The first-order valence-electron chi connectivity index (χ1n) is 15.2. The molecular formula is C33H44N6O4. The molecule has 2 atom stereocenters. The summed E-state index contributed by atoms with van der Waals surface area (Å²) < 4.78 is 5.83. The van der Waals surface area contributed by atoms with E-state index in [9.17, 15) is 14.7 Å². The number of aryl methyl sites for hydroxylation is 2. The molecule has 230 valence electrons. The van der Waals surface area contributed by atoms with E-state index < -0.39 is 12.3 Å². The van der Waals surface area contributed by atoms with Crippen LogP contribution in [0.5, 0.6) is 5.75 Å². The van der Waals surface area contributed by atoms with E-state index in [-0.39, 0.29) is 18.7 Å². The zero-order chi connectivity index (χ0) is 30.5. The van der Waals surface area contributed by atoms with Crippen LogP contribution in [0.25, 0.3) is 0 Å². The zero-order valence-corrected chi connectivity index (χ0v) is 25.6. The van der Waals surface area contributed by atoms with Crippen molar-refractivity contribution in [3.63, 3.8) is 0 Å². The van der Waals surface area contributed by atoms with Crippen LogP contribution in [-0.2, 0) is 6.54 Å². The summed E-state index contributed by atoms with van der Waals surface area (Å²) in [7, 11) is 2.13. The first kappa shape index (κ1) is 30.6. The predicted molar refractivity (Wildman–Crippen MR) is 171 cm³/mol. The summed E-state index contributed by atoms with van der Waals surface area (Å²) in [5.74, 6) is 0.737. The molecule has 43 heavy (non-hydrogen) atoms. The molecule has 2 unspecified atom stereocenters. The largest absolute Gasteiger partial charge is 0.491 e. The lowest BCUT2D eigenvalue weighted by atomic mass is 10.0. The van der Waals surface area contributed by atoms with E-state index in [1.807, 2.05) is 44.2 Å². The molecule has 2 aliphatic rings. The van der Waals surface area contributed by atoms with Crippen LogP contribution in [-0.4, -0.2) is 78.2 Å². The highest BCUT2D eigenvalue weighted by Crippen LogP contribution is 2.38. The predicted octanol–water partition coefficient (Wildman–Crippen LogP) is 4.11. The molecule has 0 bridgehead atoms. The number of rotatable bonds is 12. The normalized spacial score (nSPS) is 17.7. The number of aldehydes is 1. The van der Waals surface area contributed by atoms with Gasteiger partial charge in [0, 0.05) is 36.6 Å². The monoisotopic (exact) mass is 588 g/mol. The van der Waals surface area contributed by atoms with Crippen molar-refractivity contribution in [2.24, 2.45) is 0 Å². The van der Waals surface area contributed by atoms with Gasteiger partial charge in [-0.05, 0) is 88.8 Å². The lowest BCUT2D eigenvalue weighted by molar-refractivity contribution is 0.111. The standard InChI is InChI=1S/C33H44N6O4/c1-5-39-12-9-25(10-13-39)38(4)18-23-15-28-29(16-24(23)19-40)37-32(36-28)31-27(8-11-34-33(31)42)35-17-26(41)20-43-30-7-6-21(2)14-22(30)3/h6-8,11,14-16,19,25-26,32,36-37,41H,5,9-10,12-13,17-18,20H2,1-4H3,(H2,34,35,42). The number of aliphatic hydroxyl groups is 1. The first-order valence-corrected chi connectivity index (χ1v) is 15.2. The minimum absolute atomic E-state index is 0.115. The fourth-order valence-corrected chi connectivity index (χ4v) is 6.08. The quantitative estimate of drug-likeness (QED) is 0.199. The van der Waals surface area contributed by atoms with Gasteiger partial charge in [-0.3, -0.25) is 14.5 Å². The third-order valence-electron chi connectivity index (χ3n) is 8.63. The second-order valence-corrected chi connectivity index (χ2v) is 11.8. The molecule has 1 aromatic heterocycles. The Balaban J connectivity index is 1.24. The van der Waals surface area contributed by atoms with Gasteiger partial charge in [-0.15, -0.1) is 0 Å². The Hall–Kier alpha value is -3.86. The van der Waals surface area contributed by atoms with Crippen molar-refractivity contribution in [3.05, 3.63) is 80.8 Å². The summed E-state index contributed by atoms with van der Waals surface area (Å²) in [4.78, 5) is 32.7. The molecule has 0 radical (unpaired) electrons. The number of benzene rings is 2. The number of hydrogen-bond acceptors (Lipinski definition) is 9. The number of nitrogens with zero attached hydrogens (tertiary/aromatic N) is 2. The highest BCUT2D eigenvalue weighted by Gasteiger charge is 2.28. The van der Waals surface area contributed by atoms with E-state index in [2.05, 4.69) is 44.7 Å². The van der Waals surface area contributed by atoms with Gasteiger partial charge in [-0.25, -0.2) is 0 Å². The maximum atomic E-state index is 13.0. The number of piperidine rings is 1. The second kappa shape index (κ2) is 13.6. The number of fused-ring (bicyclic) bond motifs is 1. The summed E-state index contributed by atoms with van der Waals surface area (Å²) >= 11 is 0. The van der Waals surface area contributed by atoms with Crippen LogP contribution < -0.4 is 26.2 Å². The SMILES string of the molecule is CCN1CCC(N(C)Cc2cc3c(cc2C=O)NC(c2c(NCC(O)COc4ccc(C)cc4C)cc[nH]c2=O)N3)CC1. The van der Waals surface area contributed by atoms with Crippen LogP contribution in [0, 0.1) is 13.8 Å². The molecule has 2 aliphatic heterocycles. The summed E-state index contributed by atoms with van der Waals surface area (Å²) in [5.41, 5.74) is 6.19. The topological polar surface area (TPSA) is 122 Å². The van der Waals surface area contributed by atoms with Crippen LogP contribution >= 0.6 is 0 Å². The van der Waals surface area contributed by atoms with Crippen LogP contribution in [0.4, 0.5) is 17.1 Å². The Morgan fingerprint density at radius 1 is 1.14 bits per heavy atom. The fraction of sp³-hybridized carbons (Fsp3) is 0.455. The Morgan fingerprint density at radius 2 is 1.88 bits per heavy atom. The Morgan fingerprint density at radius 3 is 2.58 bits per heavy atom. The number of nitrogens with one attached hydrogen (secondary N) is 4. The van der Waals surface area contributed by atoms with Gasteiger partial charge in [0.1, 0.15) is 30.9 Å². The van der Waals surface area contributed by atoms with Crippen molar-refractivity contribution in [1.82, 2.24) is 14.8 Å². The highest BCUT2D eigenvalue weighted by atomic mass is 16.5. The molecule has 10 nitrogen and oxygen atoms in total. The molecule has 2 aromatic carbocycles. The molecule has 0 saturated carbocycles. The summed E-state index contributed by atoms with van der Waals surface area (Å²) in [6.45, 7) is 10.5. The molecular weight excluding hydrogens is 544 g/mol. The number of likely N-dealkylation sites (tertiary alicyclic amines) is 1. The molecule has 10 heteroatoms. The maximum absolute atomic E-state index is 13.0. The fourth-order valence-electron chi connectivity index (χ4n) is 6.08. The molecule has 0 spiro atoms. The van der Waals surface area contributed by atoms with Gasteiger partial charge in [0.25, 0.3) is 5.56 Å². The number of carbonyl (C=O) groups excluding carboxylic acids is 1. The van der Waals surface area contributed by atoms with E-state index in [1.165, 1.54) is 0 Å². The van der Waals surface area contributed by atoms with Gasteiger partial charge in [-0.2, -0.15) is 0 Å². The molecule has 1 fully saturated rings. The van der Waals surface area contributed by atoms with Crippen molar-refractivity contribution >= 4 is 23.3 Å². The van der Waals surface area contributed by atoms with Crippen molar-refractivity contribution < 1.29 is 14.6 Å². The third kappa shape index (κ3) is 7.21. The van der Waals surface area contributed by atoms with Gasteiger partial charge in [0.15, 0.2) is 0 Å². The number of ether oxygens (including phenoxy) is 1. The minimum atomic E-state index is -0.793. The Bertz CT molecular complexity index is 1480. The van der Waals surface area contributed by atoms with Gasteiger partial charge < -0.3 is 35.7 Å². The van der Waals surface area contributed by atoms with Crippen molar-refractivity contribution in [3.8, 4) is 5.75 Å². The first-order chi connectivity index (χ1) is 20.7. The van der Waals surface area contributed by atoms with Crippen molar-refractivity contribution in [2.45, 2.75) is 58.5 Å². The van der Waals surface area contributed by atoms with Crippen LogP contribution in [0.15, 0.2) is 47.4 Å². The number of pyridine rings is 1. The highest BCUT2D eigenvalue weighted by molar-refractivity contribution is 5.86. The van der Waals surface area contributed by atoms with E-state index in [0.717, 1.165) is 72.6 Å². The number of anilines is 3. The van der Waals surface area contributed by atoms with E-state index in [4.69, 9.17) is 4.74 Å². The molecule has 5 N–H and O–H groups in total. The van der Waals surface area contributed by atoms with Crippen LogP contribution in [0.3, 0.4) is 0 Å². The number of aliphatic hydroxyl groups excluding tert-OH is 1. The maximum Gasteiger partial charge on any atom is 0.257 e. The zero-order valence-electron chi connectivity index (χ0n) is 25.6. The number of carbonyl (C=O) groups is 1. The smallest absolute Gasteiger partial charge is 0.257 e. The molecule has 3 heterocycles. The van der Waals surface area contributed by atoms with Gasteiger partial charge in [0.05, 0.1) is 16.9 Å². The minimum Gasteiger partial charge on any atom is -0.491 e. The van der Waals surface area contributed by atoms with E-state index >= 15 is 0 Å². The number of H-pyrrole nitrogens is 1. The summed E-state index contributed by atoms with van der Waals surface area (Å²) in [5, 5.41) is 20.7. The lowest BCUT2D eigenvalue weighted by Gasteiger charge is -2.36. The lowest BCUT2D eigenvalue weighted by Crippen LogP contribution is -2.43. The molecule has 1 saturated heterocycles. The number of aromatic nitrogens is 1. The third-order valence-corrected chi connectivity index (χ3v) is 8.63. The number of hydrogen-bond donors (Lipinski definition) is 5.